The highest BCUT2D eigenvalue weighted by molar-refractivity contribution is 5.94. The molecule has 0 N–H and O–H groups in total. The van der Waals surface area contributed by atoms with E-state index in [-0.39, 0.29) is 29.9 Å². The van der Waals surface area contributed by atoms with Gasteiger partial charge in [0.15, 0.2) is 12.4 Å². The number of ether oxygens (including phenoxy) is 1. The average Bonchev–Trinajstić information content (AvgIpc) is 3.09. The molecule has 0 spiro atoms. The first-order chi connectivity index (χ1) is 12.0. The Morgan fingerprint density at radius 2 is 1.80 bits per heavy atom. The van der Waals surface area contributed by atoms with Gasteiger partial charge in [0.1, 0.15) is 5.75 Å². The largest absolute Gasteiger partial charge is 0.484 e. The molecule has 1 aromatic heterocycles. The number of aromatic nitrogens is 2. The quantitative estimate of drug-likeness (QED) is 0.384. The van der Waals surface area contributed by atoms with E-state index in [2.05, 4.69) is 10.2 Å². The fourth-order valence-corrected chi connectivity index (χ4v) is 2.09. The molecule has 0 unspecified atom stereocenters. The van der Waals surface area contributed by atoms with Gasteiger partial charge < -0.3 is 9.15 Å². The lowest BCUT2D eigenvalue weighted by Crippen LogP contribution is -1.97. The first kappa shape index (κ1) is 16.3. The topological polar surface area (TPSA) is 108 Å². The molecular formula is C17H13N3O5. The van der Waals surface area contributed by atoms with Gasteiger partial charge >= 0.3 is 0 Å². The molecule has 0 bridgehead atoms. The minimum atomic E-state index is -0.478. The number of nitrogens with zero attached hydrogens (tertiary/aromatic N) is 3. The molecule has 3 rings (SSSR count). The van der Waals surface area contributed by atoms with Crippen molar-refractivity contribution < 1.29 is 18.9 Å². The smallest absolute Gasteiger partial charge is 0.269 e. The minimum Gasteiger partial charge on any atom is -0.484 e. The van der Waals surface area contributed by atoms with Gasteiger partial charge in [0.25, 0.3) is 11.6 Å². The molecule has 126 valence electrons. The fourth-order valence-electron chi connectivity index (χ4n) is 2.09. The molecule has 0 saturated heterocycles. The number of ketones is 1. The molecule has 3 aromatic rings. The second-order valence-corrected chi connectivity index (χ2v) is 5.17. The van der Waals surface area contributed by atoms with Crippen LogP contribution < -0.4 is 4.74 Å². The number of non-ortho nitro benzene ring substituents is 1. The van der Waals surface area contributed by atoms with Crippen molar-refractivity contribution in [3.63, 3.8) is 0 Å². The molecule has 2 aromatic carbocycles. The van der Waals surface area contributed by atoms with Gasteiger partial charge in [-0.15, -0.1) is 10.2 Å². The number of Topliss-reactive ketones (excluding diaryl/α,β-unsaturated/α-hetero) is 1. The lowest BCUT2D eigenvalue weighted by molar-refractivity contribution is -0.384. The summed E-state index contributed by atoms with van der Waals surface area (Å²) < 4.78 is 11.0. The number of hydrogen-bond acceptors (Lipinski definition) is 7. The van der Waals surface area contributed by atoms with E-state index in [0.29, 0.717) is 16.9 Å². The second-order valence-electron chi connectivity index (χ2n) is 5.17. The van der Waals surface area contributed by atoms with Crippen molar-refractivity contribution in [1.82, 2.24) is 10.2 Å². The lowest BCUT2D eigenvalue weighted by Gasteiger charge is -2.03. The van der Waals surface area contributed by atoms with E-state index < -0.39 is 4.92 Å². The molecule has 8 heteroatoms. The zero-order chi connectivity index (χ0) is 17.8. The molecule has 0 atom stereocenters. The van der Waals surface area contributed by atoms with Crippen LogP contribution in [0.25, 0.3) is 11.5 Å². The monoisotopic (exact) mass is 339 g/mol. The van der Waals surface area contributed by atoms with Crippen molar-refractivity contribution in [2.45, 2.75) is 13.5 Å². The number of nitro benzene ring substituents is 1. The van der Waals surface area contributed by atoms with Crippen molar-refractivity contribution in [2.75, 3.05) is 0 Å². The highest BCUT2D eigenvalue weighted by atomic mass is 16.6. The maximum Gasteiger partial charge on any atom is 0.269 e. The standard InChI is InChI=1S/C17H13N3O5/c1-11(21)12-4-8-15(9-5-12)24-10-16-18-19-17(25-16)13-2-6-14(7-3-13)20(22)23/h2-9H,10H2,1H3. The number of rotatable bonds is 6. The van der Waals surface area contributed by atoms with Gasteiger partial charge in [0, 0.05) is 23.3 Å². The third-order valence-corrected chi connectivity index (χ3v) is 3.42. The van der Waals surface area contributed by atoms with Crippen LogP contribution in [0.1, 0.15) is 23.2 Å². The van der Waals surface area contributed by atoms with Crippen LogP contribution in [0.15, 0.2) is 52.9 Å². The molecule has 0 saturated carbocycles. The Bertz CT molecular complexity index is 901. The van der Waals surface area contributed by atoms with Crippen molar-refractivity contribution in [2.24, 2.45) is 0 Å². The van der Waals surface area contributed by atoms with E-state index in [1.807, 2.05) is 0 Å². The third-order valence-electron chi connectivity index (χ3n) is 3.42. The SMILES string of the molecule is CC(=O)c1ccc(OCc2nnc(-c3ccc([N+](=O)[O-])cc3)o2)cc1. The van der Waals surface area contributed by atoms with Gasteiger partial charge in [0.05, 0.1) is 4.92 Å². The Morgan fingerprint density at radius 1 is 1.12 bits per heavy atom. The van der Waals surface area contributed by atoms with Gasteiger partial charge in [-0.3, -0.25) is 14.9 Å². The zero-order valence-corrected chi connectivity index (χ0v) is 13.2. The minimum absolute atomic E-state index is 0.0131. The Hall–Kier alpha value is -3.55. The zero-order valence-electron chi connectivity index (χ0n) is 13.2. The van der Waals surface area contributed by atoms with E-state index in [9.17, 15) is 14.9 Å². The maximum absolute atomic E-state index is 11.2. The molecule has 0 aliphatic carbocycles. The summed E-state index contributed by atoms with van der Waals surface area (Å²) in [4.78, 5) is 21.4. The Kier molecular flexibility index (Phi) is 4.51. The van der Waals surface area contributed by atoms with E-state index in [1.54, 1.807) is 24.3 Å². The molecule has 0 fully saturated rings. The van der Waals surface area contributed by atoms with Gasteiger partial charge in [-0.2, -0.15) is 0 Å². The number of carbonyl (C=O) groups is 1. The molecule has 0 amide bonds. The van der Waals surface area contributed by atoms with Gasteiger partial charge in [-0.1, -0.05) is 0 Å². The first-order valence-electron chi connectivity index (χ1n) is 7.34. The van der Waals surface area contributed by atoms with Crippen LogP contribution in [0.2, 0.25) is 0 Å². The van der Waals surface area contributed by atoms with Crippen LogP contribution in [-0.2, 0) is 6.61 Å². The molecule has 0 aliphatic heterocycles. The summed E-state index contributed by atoms with van der Waals surface area (Å²) in [6.45, 7) is 1.56. The van der Waals surface area contributed by atoms with E-state index in [1.165, 1.54) is 31.2 Å². The summed E-state index contributed by atoms with van der Waals surface area (Å²) in [5.41, 5.74) is 1.17. The van der Waals surface area contributed by atoms with Crippen molar-refractivity contribution in [3.05, 3.63) is 70.1 Å². The van der Waals surface area contributed by atoms with Gasteiger partial charge in [-0.05, 0) is 43.3 Å². The molecule has 0 radical (unpaired) electrons. The van der Waals surface area contributed by atoms with Crippen molar-refractivity contribution in [1.29, 1.82) is 0 Å². The summed E-state index contributed by atoms with van der Waals surface area (Å²) in [6.07, 6.45) is 0. The Labute approximate surface area is 142 Å². The summed E-state index contributed by atoms with van der Waals surface area (Å²) in [5.74, 6) is 1.07. The summed E-state index contributed by atoms with van der Waals surface area (Å²) in [7, 11) is 0. The molecule has 1 heterocycles. The average molecular weight is 339 g/mol. The summed E-state index contributed by atoms with van der Waals surface area (Å²) in [5, 5.41) is 18.4. The maximum atomic E-state index is 11.2. The number of nitro groups is 1. The summed E-state index contributed by atoms with van der Waals surface area (Å²) >= 11 is 0. The number of carbonyl (C=O) groups excluding carboxylic acids is 1. The van der Waals surface area contributed by atoms with Gasteiger partial charge in [0.2, 0.25) is 5.89 Å². The van der Waals surface area contributed by atoms with E-state index >= 15 is 0 Å². The summed E-state index contributed by atoms with van der Waals surface area (Å²) in [6, 6.07) is 12.5. The van der Waals surface area contributed by atoms with E-state index in [0.717, 1.165) is 0 Å². The second kappa shape index (κ2) is 6.91. The Balaban J connectivity index is 1.65. The number of benzene rings is 2. The normalized spacial score (nSPS) is 10.4. The first-order valence-corrected chi connectivity index (χ1v) is 7.34. The molecule has 25 heavy (non-hydrogen) atoms. The van der Waals surface area contributed by atoms with Crippen LogP contribution in [-0.4, -0.2) is 20.9 Å². The lowest BCUT2D eigenvalue weighted by atomic mass is 10.1. The third kappa shape index (κ3) is 3.86. The van der Waals surface area contributed by atoms with Crippen LogP contribution in [0.5, 0.6) is 5.75 Å². The molecule has 8 nitrogen and oxygen atoms in total. The van der Waals surface area contributed by atoms with Crippen molar-refractivity contribution >= 4 is 11.5 Å². The van der Waals surface area contributed by atoms with Gasteiger partial charge in [-0.25, -0.2) is 0 Å². The van der Waals surface area contributed by atoms with Crippen molar-refractivity contribution in [3.8, 4) is 17.2 Å². The molecule has 0 aliphatic rings. The Morgan fingerprint density at radius 3 is 2.40 bits per heavy atom. The predicted octanol–water partition coefficient (Wildman–Crippen LogP) is 3.43. The fraction of sp³-hybridized carbons (Fsp3) is 0.118. The highest BCUT2D eigenvalue weighted by Gasteiger charge is 2.11. The molecular weight excluding hydrogens is 326 g/mol. The number of hydrogen-bond donors (Lipinski definition) is 0. The predicted molar refractivity (Wildman–Crippen MR) is 87.2 cm³/mol. The highest BCUT2D eigenvalue weighted by Crippen LogP contribution is 2.22. The van der Waals surface area contributed by atoms with Crippen LogP contribution >= 0.6 is 0 Å². The van der Waals surface area contributed by atoms with Crippen LogP contribution in [0.3, 0.4) is 0 Å². The van der Waals surface area contributed by atoms with Crippen LogP contribution in [0, 0.1) is 10.1 Å². The van der Waals surface area contributed by atoms with Crippen LogP contribution in [0.4, 0.5) is 5.69 Å². The van der Waals surface area contributed by atoms with E-state index in [4.69, 9.17) is 9.15 Å².